The number of benzene rings is 1. The fourth-order valence-electron chi connectivity index (χ4n) is 2.60. The van der Waals surface area contributed by atoms with E-state index < -0.39 is 0 Å². The lowest BCUT2D eigenvalue weighted by atomic mass is 10.1. The monoisotopic (exact) mass is 290 g/mol. The number of fused-ring (bicyclic) bond motifs is 1. The molecule has 0 atom stereocenters. The van der Waals surface area contributed by atoms with Crippen LogP contribution in [-0.2, 0) is 6.61 Å². The molecule has 0 bridgehead atoms. The Hall–Kier alpha value is -2.85. The van der Waals surface area contributed by atoms with Gasteiger partial charge in [0.1, 0.15) is 12.4 Å². The fourth-order valence-corrected chi connectivity index (χ4v) is 2.60. The van der Waals surface area contributed by atoms with E-state index in [0.29, 0.717) is 11.5 Å². The minimum Gasteiger partial charge on any atom is -0.455 e. The molecule has 1 aromatic carbocycles. The molecule has 4 nitrogen and oxygen atoms in total. The number of aliphatic hydroxyl groups is 1. The molecule has 0 saturated heterocycles. The third-order valence-corrected chi connectivity index (χ3v) is 3.63. The maximum absolute atomic E-state index is 9.17. The Balaban J connectivity index is 1.97. The summed E-state index contributed by atoms with van der Waals surface area (Å²) >= 11 is 0. The first-order valence-corrected chi connectivity index (χ1v) is 7.09. The minimum absolute atomic E-state index is 0.116. The highest BCUT2D eigenvalue weighted by atomic mass is 16.4. The zero-order chi connectivity index (χ0) is 14.9. The quantitative estimate of drug-likeness (QED) is 0.625. The van der Waals surface area contributed by atoms with Crippen LogP contribution in [0.1, 0.15) is 5.76 Å². The molecular weight excluding hydrogens is 276 g/mol. The highest BCUT2D eigenvalue weighted by Gasteiger charge is 2.16. The van der Waals surface area contributed by atoms with Gasteiger partial charge >= 0.3 is 0 Å². The van der Waals surface area contributed by atoms with Gasteiger partial charge in [-0.15, -0.1) is 0 Å². The van der Waals surface area contributed by atoms with Crippen LogP contribution in [0, 0.1) is 0 Å². The number of hydrogen-bond donors (Lipinski definition) is 1. The van der Waals surface area contributed by atoms with E-state index in [2.05, 4.69) is 0 Å². The zero-order valence-corrected chi connectivity index (χ0v) is 11.8. The molecule has 0 saturated carbocycles. The summed E-state index contributed by atoms with van der Waals surface area (Å²) in [6, 6.07) is 19.7. The van der Waals surface area contributed by atoms with E-state index in [1.807, 2.05) is 65.2 Å². The van der Waals surface area contributed by atoms with Crippen LogP contribution in [0.3, 0.4) is 0 Å². The summed E-state index contributed by atoms with van der Waals surface area (Å²) in [6.07, 6.45) is 1.96. The molecule has 108 valence electrons. The van der Waals surface area contributed by atoms with Crippen molar-refractivity contribution in [2.75, 3.05) is 0 Å². The molecule has 0 spiro atoms. The summed E-state index contributed by atoms with van der Waals surface area (Å²) < 4.78 is 7.65. The third kappa shape index (κ3) is 2.01. The molecule has 4 aromatic rings. The molecule has 1 N–H and O–H groups in total. The van der Waals surface area contributed by atoms with E-state index in [-0.39, 0.29) is 6.61 Å². The van der Waals surface area contributed by atoms with Crippen molar-refractivity contribution in [3.63, 3.8) is 0 Å². The van der Waals surface area contributed by atoms with Gasteiger partial charge in [0.15, 0.2) is 11.6 Å². The Labute approximate surface area is 127 Å². The van der Waals surface area contributed by atoms with Gasteiger partial charge in [-0.25, -0.2) is 4.98 Å². The largest absolute Gasteiger partial charge is 0.455 e. The van der Waals surface area contributed by atoms with Crippen LogP contribution in [-0.4, -0.2) is 14.5 Å². The first kappa shape index (κ1) is 12.9. The maximum atomic E-state index is 9.17. The van der Waals surface area contributed by atoms with Crippen molar-refractivity contribution >= 4 is 5.52 Å². The van der Waals surface area contributed by atoms with Gasteiger partial charge in [-0.3, -0.25) is 4.40 Å². The lowest BCUT2D eigenvalue weighted by Gasteiger charge is -1.98. The molecular formula is C18H14N2O2. The van der Waals surface area contributed by atoms with Crippen LogP contribution in [0.5, 0.6) is 0 Å². The van der Waals surface area contributed by atoms with Crippen molar-refractivity contribution in [3.05, 3.63) is 72.6 Å². The van der Waals surface area contributed by atoms with Crippen molar-refractivity contribution in [1.82, 2.24) is 9.38 Å². The van der Waals surface area contributed by atoms with Crippen molar-refractivity contribution in [2.45, 2.75) is 6.61 Å². The fraction of sp³-hybridized carbons (Fsp3) is 0.0556. The standard InChI is InChI=1S/C18H14N2O2/c21-12-14-9-10-16(22-14)18-19-17(13-6-2-1-3-7-13)15-8-4-5-11-20(15)18/h1-11,21H,12H2. The predicted molar refractivity (Wildman–Crippen MR) is 84.3 cm³/mol. The Morgan fingerprint density at radius 3 is 2.55 bits per heavy atom. The summed E-state index contributed by atoms with van der Waals surface area (Å²) in [5.41, 5.74) is 3.00. The van der Waals surface area contributed by atoms with Crippen molar-refractivity contribution in [2.24, 2.45) is 0 Å². The van der Waals surface area contributed by atoms with Crippen LogP contribution in [0.2, 0.25) is 0 Å². The topological polar surface area (TPSA) is 50.7 Å². The Bertz CT molecular complexity index is 923. The highest BCUT2D eigenvalue weighted by molar-refractivity contribution is 5.80. The maximum Gasteiger partial charge on any atom is 0.181 e. The van der Waals surface area contributed by atoms with Crippen LogP contribution < -0.4 is 0 Å². The number of pyridine rings is 1. The number of hydrogen-bond acceptors (Lipinski definition) is 3. The summed E-state index contributed by atoms with van der Waals surface area (Å²) in [7, 11) is 0. The highest BCUT2D eigenvalue weighted by Crippen LogP contribution is 2.30. The van der Waals surface area contributed by atoms with Crippen LogP contribution in [0.4, 0.5) is 0 Å². The molecule has 22 heavy (non-hydrogen) atoms. The first-order chi connectivity index (χ1) is 10.9. The average Bonchev–Trinajstić information content (AvgIpc) is 3.20. The molecule has 0 radical (unpaired) electrons. The normalized spacial score (nSPS) is 11.1. The molecule has 0 unspecified atom stereocenters. The number of imidazole rings is 1. The predicted octanol–water partition coefficient (Wildman–Crippen LogP) is 3.75. The summed E-state index contributed by atoms with van der Waals surface area (Å²) in [5, 5.41) is 9.17. The molecule has 0 amide bonds. The molecule has 4 heteroatoms. The van der Waals surface area contributed by atoms with Gasteiger partial charge in [-0.05, 0) is 24.3 Å². The number of nitrogens with zero attached hydrogens (tertiary/aromatic N) is 2. The molecule has 4 rings (SSSR count). The lowest BCUT2D eigenvalue weighted by Crippen LogP contribution is -1.86. The van der Waals surface area contributed by atoms with Crippen LogP contribution in [0.25, 0.3) is 28.4 Å². The second-order valence-electron chi connectivity index (χ2n) is 5.03. The summed E-state index contributed by atoms with van der Waals surface area (Å²) in [6.45, 7) is -0.116. The Kier molecular flexibility index (Phi) is 3.02. The van der Waals surface area contributed by atoms with Crippen molar-refractivity contribution in [1.29, 1.82) is 0 Å². The summed E-state index contributed by atoms with van der Waals surface area (Å²) in [5.74, 6) is 1.91. The van der Waals surface area contributed by atoms with Gasteiger partial charge in [0, 0.05) is 11.8 Å². The number of aliphatic hydroxyl groups excluding tert-OH is 1. The van der Waals surface area contributed by atoms with E-state index in [1.54, 1.807) is 6.07 Å². The van der Waals surface area contributed by atoms with Crippen LogP contribution >= 0.6 is 0 Å². The first-order valence-electron chi connectivity index (χ1n) is 7.09. The van der Waals surface area contributed by atoms with Gasteiger partial charge in [0.2, 0.25) is 0 Å². The van der Waals surface area contributed by atoms with Crippen molar-refractivity contribution in [3.8, 4) is 22.8 Å². The zero-order valence-electron chi connectivity index (χ0n) is 11.8. The molecule has 0 fully saturated rings. The van der Waals surface area contributed by atoms with E-state index in [1.165, 1.54) is 0 Å². The molecule has 0 aliphatic carbocycles. The smallest absolute Gasteiger partial charge is 0.181 e. The van der Waals surface area contributed by atoms with Gasteiger partial charge in [0.05, 0.1) is 11.2 Å². The minimum atomic E-state index is -0.116. The molecule has 3 heterocycles. The second-order valence-corrected chi connectivity index (χ2v) is 5.03. The number of aromatic nitrogens is 2. The number of furan rings is 1. The van der Waals surface area contributed by atoms with Gasteiger partial charge in [-0.1, -0.05) is 36.4 Å². The summed E-state index contributed by atoms with van der Waals surface area (Å²) in [4.78, 5) is 4.77. The Morgan fingerprint density at radius 2 is 1.77 bits per heavy atom. The number of rotatable bonds is 3. The molecule has 0 aliphatic heterocycles. The van der Waals surface area contributed by atoms with E-state index in [4.69, 9.17) is 9.40 Å². The lowest BCUT2D eigenvalue weighted by molar-refractivity contribution is 0.248. The third-order valence-electron chi connectivity index (χ3n) is 3.63. The Morgan fingerprint density at radius 1 is 0.955 bits per heavy atom. The second kappa shape index (κ2) is 5.16. The average molecular weight is 290 g/mol. The van der Waals surface area contributed by atoms with Gasteiger partial charge < -0.3 is 9.52 Å². The van der Waals surface area contributed by atoms with E-state index in [9.17, 15) is 5.11 Å². The van der Waals surface area contributed by atoms with Crippen molar-refractivity contribution < 1.29 is 9.52 Å². The van der Waals surface area contributed by atoms with E-state index in [0.717, 1.165) is 22.6 Å². The van der Waals surface area contributed by atoms with Gasteiger partial charge in [-0.2, -0.15) is 0 Å². The molecule has 0 aliphatic rings. The van der Waals surface area contributed by atoms with Crippen LogP contribution in [0.15, 0.2) is 71.3 Å². The van der Waals surface area contributed by atoms with Gasteiger partial charge in [0.25, 0.3) is 0 Å². The molecule has 3 aromatic heterocycles. The SMILES string of the molecule is OCc1ccc(-c2nc(-c3ccccc3)c3ccccn23)o1. The van der Waals surface area contributed by atoms with E-state index >= 15 is 0 Å².